The van der Waals surface area contributed by atoms with E-state index in [0.29, 0.717) is 18.0 Å². The van der Waals surface area contributed by atoms with Crippen molar-refractivity contribution in [2.75, 3.05) is 21.3 Å². The fraction of sp³-hybridized carbons (Fsp3) is 0.316. The lowest BCUT2D eigenvalue weighted by atomic mass is 10.1. The quantitative estimate of drug-likeness (QED) is 0.582. The van der Waals surface area contributed by atoms with Crippen molar-refractivity contribution < 1.29 is 9.47 Å². The van der Waals surface area contributed by atoms with Crippen molar-refractivity contribution in [2.24, 2.45) is 0 Å². The average Bonchev–Trinajstić information content (AvgIpc) is 3.04. The van der Waals surface area contributed by atoms with E-state index in [1.165, 1.54) is 0 Å². The van der Waals surface area contributed by atoms with Crippen molar-refractivity contribution >= 4 is 12.2 Å². The third kappa shape index (κ3) is 4.17. The zero-order chi connectivity index (χ0) is 19.4. The number of aryl methyl sites for hydroxylation is 1. The number of aromatic nitrogens is 4. The molecule has 7 nitrogen and oxygen atoms in total. The molecule has 0 N–H and O–H groups in total. The van der Waals surface area contributed by atoms with Crippen LogP contribution < -0.4 is 9.47 Å². The molecule has 0 aliphatic heterocycles. The van der Waals surface area contributed by atoms with E-state index in [9.17, 15) is 0 Å². The second kappa shape index (κ2) is 8.32. The van der Waals surface area contributed by atoms with E-state index in [-0.39, 0.29) is 0 Å². The van der Waals surface area contributed by atoms with Crippen molar-refractivity contribution in [3.05, 3.63) is 58.4 Å². The summed E-state index contributed by atoms with van der Waals surface area (Å²) in [5.74, 6) is 1.45. The molecule has 1 aromatic heterocycles. The van der Waals surface area contributed by atoms with Gasteiger partial charge in [0, 0.05) is 6.54 Å². The molecule has 8 heteroatoms. The molecule has 0 saturated heterocycles. The van der Waals surface area contributed by atoms with Gasteiger partial charge in [0.05, 0.1) is 26.6 Å². The molecule has 0 atom stereocenters. The van der Waals surface area contributed by atoms with E-state index in [4.69, 9.17) is 21.7 Å². The molecule has 0 unspecified atom stereocenters. The minimum Gasteiger partial charge on any atom is -0.493 e. The first-order valence-corrected chi connectivity index (χ1v) is 8.92. The van der Waals surface area contributed by atoms with E-state index in [2.05, 4.69) is 22.3 Å². The summed E-state index contributed by atoms with van der Waals surface area (Å²) in [6.45, 7) is 3.30. The highest BCUT2D eigenvalue weighted by molar-refractivity contribution is 7.71. The summed E-state index contributed by atoms with van der Waals surface area (Å²) < 4.78 is 14.7. The maximum Gasteiger partial charge on any atom is 0.221 e. The second-order valence-electron chi connectivity index (χ2n) is 6.30. The first-order valence-electron chi connectivity index (χ1n) is 8.51. The summed E-state index contributed by atoms with van der Waals surface area (Å²) >= 11 is 5.53. The molecule has 0 saturated carbocycles. The number of hydrogen-bond acceptors (Lipinski definition) is 6. The molecule has 0 radical (unpaired) electrons. The molecule has 142 valence electrons. The molecular formula is C19H23N5O2S. The summed E-state index contributed by atoms with van der Waals surface area (Å²) in [7, 11) is 5.29. The van der Waals surface area contributed by atoms with Crippen LogP contribution in [0.2, 0.25) is 0 Å². The maximum absolute atomic E-state index is 5.53. The van der Waals surface area contributed by atoms with E-state index in [1.807, 2.05) is 49.5 Å². The van der Waals surface area contributed by atoms with Crippen LogP contribution in [0.1, 0.15) is 11.1 Å². The summed E-state index contributed by atoms with van der Waals surface area (Å²) in [6.07, 6.45) is 0. The van der Waals surface area contributed by atoms with Crippen LogP contribution in [0.25, 0.3) is 5.69 Å². The highest BCUT2D eigenvalue weighted by Crippen LogP contribution is 2.30. The number of ether oxygens (including phenoxy) is 2. The Morgan fingerprint density at radius 2 is 1.70 bits per heavy atom. The van der Waals surface area contributed by atoms with Crippen LogP contribution in [0.15, 0.2) is 42.5 Å². The summed E-state index contributed by atoms with van der Waals surface area (Å²) in [4.78, 5) is 2.12. The second-order valence-corrected chi connectivity index (χ2v) is 6.66. The third-order valence-corrected chi connectivity index (χ3v) is 4.68. The molecule has 0 aliphatic rings. The Hall–Kier alpha value is -2.71. The number of nitrogens with zero attached hydrogens (tertiary/aromatic N) is 5. The van der Waals surface area contributed by atoms with Gasteiger partial charge in [0.2, 0.25) is 4.77 Å². The van der Waals surface area contributed by atoms with E-state index in [0.717, 1.165) is 28.3 Å². The van der Waals surface area contributed by atoms with Gasteiger partial charge >= 0.3 is 0 Å². The number of rotatable bonds is 7. The molecule has 3 rings (SSSR count). The largest absolute Gasteiger partial charge is 0.493 e. The van der Waals surface area contributed by atoms with E-state index < -0.39 is 0 Å². The van der Waals surface area contributed by atoms with Crippen LogP contribution in [0.5, 0.6) is 11.5 Å². The minimum absolute atomic E-state index is 0.527. The van der Waals surface area contributed by atoms with Crippen LogP contribution >= 0.6 is 12.2 Å². The summed E-state index contributed by atoms with van der Waals surface area (Å²) in [5, 5.41) is 8.37. The monoisotopic (exact) mass is 385 g/mol. The van der Waals surface area contributed by atoms with Crippen molar-refractivity contribution in [1.29, 1.82) is 0 Å². The first-order chi connectivity index (χ1) is 13.0. The topological polar surface area (TPSA) is 57.3 Å². The Morgan fingerprint density at radius 3 is 2.37 bits per heavy atom. The van der Waals surface area contributed by atoms with E-state index in [1.54, 1.807) is 23.6 Å². The average molecular weight is 385 g/mol. The van der Waals surface area contributed by atoms with Gasteiger partial charge in [-0.2, -0.15) is 4.68 Å². The maximum atomic E-state index is 5.53. The fourth-order valence-electron chi connectivity index (χ4n) is 2.86. The molecule has 3 aromatic rings. The molecule has 2 aromatic carbocycles. The zero-order valence-corrected chi connectivity index (χ0v) is 16.7. The number of benzene rings is 2. The SMILES string of the molecule is COc1cc(C)c(CN(C)Cn2nnn(-c3ccccc3)c2=S)cc1OC. The number of methoxy groups -OCH3 is 2. The smallest absolute Gasteiger partial charge is 0.221 e. The first kappa shape index (κ1) is 19.1. The number of tetrazole rings is 1. The standard InChI is InChI=1S/C19H23N5O2S/c1-14-10-17(25-3)18(26-4)11-15(14)12-22(2)13-23-19(27)24(21-20-23)16-8-6-5-7-9-16/h5-11H,12-13H2,1-4H3. The molecule has 0 bridgehead atoms. The summed E-state index contributed by atoms with van der Waals surface area (Å²) in [5.41, 5.74) is 3.18. The lowest BCUT2D eigenvalue weighted by Gasteiger charge is -2.19. The van der Waals surface area contributed by atoms with Gasteiger partial charge in [-0.15, -0.1) is 0 Å². The Balaban J connectivity index is 1.76. The normalized spacial score (nSPS) is 11.0. The van der Waals surface area contributed by atoms with Gasteiger partial charge in [0.15, 0.2) is 11.5 Å². The van der Waals surface area contributed by atoms with Gasteiger partial charge < -0.3 is 9.47 Å². The molecule has 0 fully saturated rings. The van der Waals surface area contributed by atoms with Gasteiger partial charge in [-0.3, -0.25) is 4.90 Å². The van der Waals surface area contributed by atoms with Gasteiger partial charge in [0.1, 0.15) is 0 Å². The Bertz CT molecular complexity index is 968. The predicted octanol–water partition coefficient (Wildman–Crippen LogP) is 3.21. The van der Waals surface area contributed by atoms with Crippen molar-refractivity contribution in [1.82, 2.24) is 24.7 Å². The number of para-hydroxylation sites is 1. The highest BCUT2D eigenvalue weighted by atomic mass is 32.1. The highest BCUT2D eigenvalue weighted by Gasteiger charge is 2.12. The Labute approximate surface area is 163 Å². The predicted molar refractivity (Wildman–Crippen MR) is 106 cm³/mol. The molecular weight excluding hydrogens is 362 g/mol. The molecule has 1 heterocycles. The van der Waals surface area contributed by atoms with Gasteiger partial charge in [-0.05, 0) is 72.0 Å². The van der Waals surface area contributed by atoms with Crippen LogP contribution in [-0.2, 0) is 13.2 Å². The van der Waals surface area contributed by atoms with Crippen molar-refractivity contribution in [3.8, 4) is 17.2 Å². The molecule has 0 amide bonds. The number of hydrogen-bond donors (Lipinski definition) is 0. The van der Waals surface area contributed by atoms with Crippen LogP contribution in [0, 0.1) is 11.7 Å². The van der Waals surface area contributed by atoms with Crippen molar-refractivity contribution in [2.45, 2.75) is 20.1 Å². The lowest BCUT2D eigenvalue weighted by molar-refractivity contribution is 0.241. The molecule has 0 spiro atoms. The minimum atomic E-state index is 0.527. The van der Waals surface area contributed by atoms with Gasteiger partial charge in [0.25, 0.3) is 0 Å². The third-order valence-electron chi connectivity index (χ3n) is 4.30. The Morgan fingerprint density at radius 1 is 1.04 bits per heavy atom. The van der Waals surface area contributed by atoms with Gasteiger partial charge in [-0.1, -0.05) is 18.2 Å². The van der Waals surface area contributed by atoms with Crippen LogP contribution in [-0.4, -0.2) is 46.0 Å². The molecule has 0 aliphatic carbocycles. The Kier molecular flexibility index (Phi) is 5.88. The van der Waals surface area contributed by atoms with Crippen LogP contribution in [0.3, 0.4) is 0 Å². The lowest BCUT2D eigenvalue weighted by Crippen LogP contribution is -2.23. The van der Waals surface area contributed by atoms with E-state index >= 15 is 0 Å². The van der Waals surface area contributed by atoms with Crippen molar-refractivity contribution in [3.63, 3.8) is 0 Å². The zero-order valence-electron chi connectivity index (χ0n) is 15.9. The van der Waals surface area contributed by atoms with Crippen LogP contribution in [0.4, 0.5) is 0 Å². The van der Waals surface area contributed by atoms with Gasteiger partial charge in [-0.25, -0.2) is 4.68 Å². The molecule has 27 heavy (non-hydrogen) atoms. The fourth-order valence-corrected chi connectivity index (χ4v) is 3.09. The summed E-state index contributed by atoms with van der Waals surface area (Å²) in [6, 6.07) is 13.7.